The second-order valence-corrected chi connectivity index (χ2v) is 3.77. The maximum atomic E-state index is 12.1. The number of carbonyl (C=O) groups excluding carboxylic acids is 1. The SMILES string of the molecule is CON(C)C(=O)c1ccccc1Oc1cccnc1. The number of amides is 1. The molecule has 1 aromatic carbocycles. The van der Waals surface area contributed by atoms with Crippen molar-refractivity contribution in [2.45, 2.75) is 0 Å². The van der Waals surface area contributed by atoms with Gasteiger partial charge in [-0.15, -0.1) is 0 Å². The van der Waals surface area contributed by atoms with E-state index in [0.29, 0.717) is 17.1 Å². The highest BCUT2D eigenvalue weighted by atomic mass is 16.7. The van der Waals surface area contributed by atoms with Crippen LogP contribution in [0.5, 0.6) is 11.5 Å². The van der Waals surface area contributed by atoms with Crippen LogP contribution < -0.4 is 4.74 Å². The summed E-state index contributed by atoms with van der Waals surface area (Å²) in [4.78, 5) is 20.9. The molecule has 1 heterocycles. The van der Waals surface area contributed by atoms with Crippen molar-refractivity contribution in [3.8, 4) is 11.5 Å². The fraction of sp³-hybridized carbons (Fsp3) is 0.143. The first-order valence-corrected chi connectivity index (χ1v) is 5.71. The Kier molecular flexibility index (Phi) is 4.10. The fourth-order valence-corrected chi connectivity index (χ4v) is 1.52. The van der Waals surface area contributed by atoms with E-state index in [-0.39, 0.29) is 5.91 Å². The van der Waals surface area contributed by atoms with Crippen LogP contribution in [0.2, 0.25) is 0 Å². The third kappa shape index (κ3) is 3.08. The van der Waals surface area contributed by atoms with Crippen LogP contribution in [0.25, 0.3) is 0 Å². The minimum Gasteiger partial charge on any atom is -0.455 e. The largest absolute Gasteiger partial charge is 0.455 e. The lowest BCUT2D eigenvalue weighted by molar-refractivity contribution is -0.0758. The van der Waals surface area contributed by atoms with Gasteiger partial charge in [0.1, 0.15) is 11.5 Å². The van der Waals surface area contributed by atoms with Gasteiger partial charge in [-0.2, -0.15) is 0 Å². The molecular weight excluding hydrogens is 244 g/mol. The van der Waals surface area contributed by atoms with E-state index in [9.17, 15) is 4.79 Å². The lowest BCUT2D eigenvalue weighted by Gasteiger charge is -2.16. The van der Waals surface area contributed by atoms with Crippen molar-refractivity contribution in [1.82, 2.24) is 10.0 Å². The minimum atomic E-state index is -0.276. The van der Waals surface area contributed by atoms with Gasteiger partial charge in [-0.1, -0.05) is 12.1 Å². The molecule has 1 aromatic heterocycles. The molecule has 0 N–H and O–H groups in total. The predicted molar refractivity (Wildman–Crippen MR) is 69.9 cm³/mol. The molecule has 0 spiro atoms. The Labute approximate surface area is 111 Å². The highest BCUT2D eigenvalue weighted by molar-refractivity contribution is 5.96. The van der Waals surface area contributed by atoms with E-state index in [2.05, 4.69) is 4.98 Å². The first-order chi connectivity index (χ1) is 9.22. The molecule has 5 heteroatoms. The normalized spacial score (nSPS) is 10.0. The molecule has 0 unspecified atom stereocenters. The predicted octanol–water partition coefficient (Wildman–Crippen LogP) is 2.51. The summed E-state index contributed by atoms with van der Waals surface area (Å²) in [6.07, 6.45) is 3.24. The van der Waals surface area contributed by atoms with Crippen LogP contribution in [-0.2, 0) is 4.84 Å². The van der Waals surface area contributed by atoms with Gasteiger partial charge < -0.3 is 4.74 Å². The highest BCUT2D eigenvalue weighted by Crippen LogP contribution is 2.25. The molecule has 2 rings (SSSR count). The molecule has 0 aliphatic rings. The van der Waals surface area contributed by atoms with Crippen LogP contribution in [0, 0.1) is 0 Å². The summed E-state index contributed by atoms with van der Waals surface area (Å²) in [5.41, 5.74) is 0.427. The number of para-hydroxylation sites is 1. The highest BCUT2D eigenvalue weighted by Gasteiger charge is 2.16. The minimum absolute atomic E-state index is 0.276. The van der Waals surface area contributed by atoms with Gasteiger partial charge in [-0.3, -0.25) is 14.6 Å². The molecule has 1 amide bonds. The van der Waals surface area contributed by atoms with Gasteiger partial charge >= 0.3 is 0 Å². The van der Waals surface area contributed by atoms with Crippen molar-refractivity contribution in [2.24, 2.45) is 0 Å². The van der Waals surface area contributed by atoms with Crippen LogP contribution in [0.4, 0.5) is 0 Å². The second-order valence-electron chi connectivity index (χ2n) is 3.77. The van der Waals surface area contributed by atoms with E-state index in [0.717, 1.165) is 5.06 Å². The molecular formula is C14H14N2O3. The Morgan fingerprint density at radius 2 is 2.00 bits per heavy atom. The number of nitrogens with zero attached hydrogens (tertiary/aromatic N) is 2. The summed E-state index contributed by atoms with van der Waals surface area (Å²) in [5.74, 6) is 0.759. The van der Waals surface area contributed by atoms with Crippen molar-refractivity contribution in [3.63, 3.8) is 0 Å². The summed E-state index contributed by atoms with van der Waals surface area (Å²) < 4.78 is 5.66. The molecule has 2 aromatic rings. The average molecular weight is 258 g/mol. The second kappa shape index (κ2) is 5.97. The quantitative estimate of drug-likeness (QED) is 0.791. The molecule has 0 atom stereocenters. The van der Waals surface area contributed by atoms with Gasteiger partial charge in [0.15, 0.2) is 0 Å². The van der Waals surface area contributed by atoms with E-state index in [1.54, 1.807) is 55.8 Å². The first-order valence-electron chi connectivity index (χ1n) is 5.71. The number of benzene rings is 1. The molecule has 0 saturated heterocycles. The maximum absolute atomic E-state index is 12.1. The molecule has 0 bridgehead atoms. The standard InChI is InChI=1S/C14H14N2O3/c1-16(18-2)14(17)12-7-3-4-8-13(12)19-11-6-5-9-15-10-11/h3-10H,1-2H3. The van der Waals surface area contributed by atoms with Gasteiger partial charge in [0.05, 0.1) is 18.9 Å². The number of aromatic nitrogens is 1. The lowest BCUT2D eigenvalue weighted by Crippen LogP contribution is -2.25. The number of rotatable bonds is 4. The van der Waals surface area contributed by atoms with Gasteiger partial charge in [0.2, 0.25) is 0 Å². The zero-order valence-corrected chi connectivity index (χ0v) is 10.7. The molecule has 5 nitrogen and oxygen atoms in total. The molecule has 0 fully saturated rings. The number of carbonyl (C=O) groups is 1. The van der Waals surface area contributed by atoms with Gasteiger partial charge in [0.25, 0.3) is 5.91 Å². The smallest absolute Gasteiger partial charge is 0.280 e. The summed E-state index contributed by atoms with van der Waals surface area (Å²) in [7, 11) is 2.98. The number of hydrogen-bond acceptors (Lipinski definition) is 4. The van der Waals surface area contributed by atoms with E-state index >= 15 is 0 Å². The summed E-state index contributed by atoms with van der Waals surface area (Å²) in [6.45, 7) is 0. The molecule has 0 aliphatic carbocycles. The molecule has 19 heavy (non-hydrogen) atoms. The van der Waals surface area contributed by atoms with E-state index in [1.807, 2.05) is 0 Å². The van der Waals surface area contributed by atoms with Crippen LogP contribution in [0.15, 0.2) is 48.8 Å². The third-order valence-corrected chi connectivity index (χ3v) is 2.54. The van der Waals surface area contributed by atoms with Crippen molar-refractivity contribution >= 4 is 5.91 Å². The number of ether oxygens (including phenoxy) is 1. The number of hydroxylamine groups is 2. The van der Waals surface area contributed by atoms with E-state index in [4.69, 9.17) is 9.57 Å². The van der Waals surface area contributed by atoms with Crippen molar-refractivity contribution in [2.75, 3.05) is 14.2 Å². The topological polar surface area (TPSA) is 51.7 Å². The Morgan fingerprint density at radius 1 is 1.21 bits per heavy atom. The first kappa shape index (κ1) is 13.0. The summed E-state index contributed by atoms with van der Waals surface area (Å²) >= 11 is 0. The van der Waals surface area contributed by atoms with Crippen LogP contribution >= 0.6 is 0 Å². The molecule has 0 radical (unpaired) electrons. The molecule has 0 saturated carbocycles. The van der Waals surface area contributed by atoms with E-state index < -0.39 is 0 Å². The van der Waals surface area contributed by atoms with Crippen LogP contribution in [0.3, 0.4) is 0 Å². The Morgan fingerprint density at radius 3 is 2.68 bits per heavy atom. The lowest BCUT2D eigenvalue weighted by atomic mass is 10.2. The van der Waals surface area contributed by atoms with Gasteiger partial charge in [-0.25, -0.2) is 5.06 Å². The number of pyridine rings is 1. The van der Waals surface area contributed by atoms with Gasteiger partial charge in [0, 0.05) is 13.2 Å². The summed E-state index contributed by atoms with van der Waals surface area (Å²) in [6, 6.07) is 10.5. The Bertz CT molecular complexity index is 558. The monoisotopic (exact) mass is 258 g/mol. The van der Waals surface area contributed by atoms with Crippen molar-refractivity contribution < 1.29 is 14.4 Å². The summed E-state index contributed by atoms with van der Waals surface area (Å²) in [5, 5.41) is 1.14. The van der Waals surface area contributed by atoms with Crippen molar-refractivity contribution in [1.29, 1.82) is 0 Å². The zero-order chi connectivity index (χ0) is 13.7. The van der Waals surface area contributed by atoms with E-state index in [1.165, 1.54) is 7.11 Å². The van der Waals surface area contributed by atoms with Crippen molar-refractivity contribution in [3.05, 3.63) is 54.4 Å². The third-order valence-electron chi connectivity index (χ3n) is 2.54. The van der Waals surface area contributed by atoms with Crippen LogP contribution in [-0.4, -0.2) is 30.1 Å². The zero-order valence-electron chi connectivity index (χ0n) is 10.7. The molecule has 98 valence electrons. The van der Waals surface area contributed by atoms with Crippen LogP contribution in [0.1, 0.15) is 10.4 Å². The number of hydrogen-bond donors (Lipinski definition) is 0. The van der Waals surface area contributed by atoms with Gasteiger partial charge in [-0.05, 0) is 24.3 Å². The molecule has 0 aliphatic heterocycles. The average Bonchev–Trinajstić information content (AvgIpc) is 2.47. The fourth-order valence-electron chi connectivity index (χ4n) is 1.52. The maximum Gasteiger partial charge on any atom is 0.280 e. The Balaban J connectivity index is 2.29. The Hall–Kier alpha value is -2.40.